The smallest absolute Gasteiger partial charge is 0.305 e. The summed E-state index contributed by atoms with van der Waals surface area (Å²) >= 11 is 7.42. The molecular formula is C16H14ClN5O3S. The van der Waals surface area contributed by atoms with Crippen LogP contribution in [0.4, 0.5) is 0 Å². The first-order chi connectivity index (χ1) is 12.5. The minimum atomic E-state index is -1.04. The molecule has 1 aromatic heterocycles. The molecule has 0 bridgehead atoms. The second-order valence-corrected chi connectivity index (χ2v) is 6.93. The van der Waals surface area contributed by atoms with Gasteiger partial charge in [0.1, 0.15) is 10.4 Å². The second-order valence-electron chi connectivity index (χ2n) is 5.38. The number of halogens is 1. The summed E-state index contributed by atoms with van der Waals surface area (Å²) in [6.07, 6.45) is 1.18. The molecule has 1 atom stereocenters. The molecule has 1 aliphatic heterocycles. The Morgan fingerprint density at radius 3 is 2.88 bits per heavy atom. The molecule has 134 valence electrons. The molecule has 0 aliphatic carbocycles. The van der Waals surface area contributed by atoms with E-state index in [0.29, 0.717) is 16.4 Å². The number of aromatic nitrogens is 2. The molecule has 1 amide bonds. The minimum absolute atomic E-state index is 0.252. The number of aryl methyl sites for hydroxylation is 1. The lowest BCUT2D eigenvalue weighted by atomic mass is 10.3. The lowest BCUT2D eigenvalue weighted by Gasteiger charge is -2.01. The van der Waals surface area contributed by atoms with Gasteiger partial charge in [0, 0.05) is 0 Å². The highest BCUT2D eigenvalue weighted by Gasteiger charge is 2.32. The number of rotatable bonds is 5. The summed E-state index contributed by atoms with van der Waals surface area (Å²) in [5.74, 6) is -1.43. The summed E-state index contributed by atoms with van der Waals surface area (Å²) in [5, 5.41) is 23.5. The molecule has 2 aromatic rings. The molecule has 1 aliphatic rings. The van der Waals surface area contributed by atoms with Crippen molar-refractivity contribution in [3.63, 3.8) is 0 Å². The van der Waals surface area contributed by atoms with Gasteiger partial charge in [0.05, 0.1) is 29.6 Å². The number of aliphatic carboxylic acids is 1. The molecule has 26 heavy (non-hydrogen) atoms. The van der Waals surface area contributed by atoms with Gasteiger partial charge >= 0.3 is 5.97 Å². The Bertz CT molecular complexity index is 910. The Hall–Kier alpha value is -2.65. The first-order valence-corrected chi connectivity index (χ1v) is 8.82. The Balaban J connectivity index is 1.77. The van der Waals surface area contributed by atoms with Gasteiger partial charge in [-0.15, -0.1) is 5.10 Å². The topological polar surface area (TPSA) is 109 Å². The van der Waals surface area contributed by atoms with E-state index >= 15 is 0 Å². The van der Waals surface area contributed by atoms with Crippen molar-refractivity contribution < 1.29 is 14.7 Å². The fraction of sp³-hybridized carbons (Fsp3) is 0.188. The first-order valence-electron chi connectivity index (χ1n) is 7.56. The van der Waals surface area contributed by atoms with Crippen LogP contribution in [0.3, 0.4) is 0 Å². The largest absolute Gasteiger partial charge is 0.481 e. The Morgan fingerprint density at radius 1 is 1.46 bits per heavy atom. The maximum atomic E-state index is 11.7. The van der Waals surface area contributed by atoms with Crippen LogP contribution >= 0.6 is 23.4 Å². The van der Waals surface area contributed by atoms with Gasteiger partial charge < -0.3 is 10.4 Å². The molecule has 2 heterocycles. The number of carboxylic acids is 1. The number of hydrogen-bond acceptors (Lipinski definition) is 6. The number of carboxylic acid groups (broad SMARTS) is 1. The highest BCUT2D eigenvalue weighted by molar-refractivity contribution is 8.15. The van der Waals surface area contributed by atoms with Crippen LogP contribution in [0, 0.1) is 6.92 Å². The average molecular weight is 392 g/mol. The van der Waals surface area contributed by atoms with Crippen molar-refractivity contribution in [1.82, 2.24) is 15.1 Å². The molecule has 3 rings (SSSR count). The zero-order valence-corrected chi connectivity index (χ0v) is 15.2. The van der Waals surface area contributed by atoms with E-state index in [1.54, 1.807) is 11.6 Å². The number of hydrogen-bond donors (Lipinski definition) is 2. The number of thioether (sulfide) groups is 1. The van der Waals surface area contributed by atoms with Crippen LogP contribution in [0.25, 0.3) is 5.69 Å². The molecule has 0 unspecified atom stereocenters. The SMILES string of the molecule is Cc1nn(-c2ccccc2)c(Cl)c1/C=N\N=C1\NC(=O)[C@H](CC(=O)O)S1. The Morgan fingerprint density at radius 2 is 2.19 bits per heavy atom. The normalized spacial score (nSPS) is 18.6. The van der Waals surface area contributed by atoms with Crippen LogP contribution in [0.5, 0.6) is 0 Å². The van der Waals surface area contributed by atoms with E-state index in [2.05, 4.69) is 20.6 Å². The summed E-state index contributed by atoms with van der Waals surface area (Å²) in [5.41, 5.74) is 2.10. The van der Waals surface area contributed by atoms with Gasteiger partial charge in [0.2, 0.25) is 5.91 Å². The third-order valence-electron chi connectivity index (χ3n) is 3.52. The van der Waals surface area contributed by atoms with Crippen molar-refractivity contribution in [2.24, 2.45) is 10.2 Å². The van der Waals surface area contributed by atoms with Crippen LogP contribution in [0.15, 0.2) is 40.5 Å². The van der Waals surface area contributed by atoms with Crippen molar-refractivity contribution in [3.8, 4) is 5.69 Å². The number of nitrogens with one attached hydrogen (secondary N) is 1. The fourth-order valence-electron chi connectivity index (χ4n) is 2.28. The van der Waals surface area contributed by atoms with Crippen molar-refractivity contribution >= 4 is 46.6 Å². The van der Waals surface area contributed by atoms with E-state index in [-0.39, 0.29) is 11.6 Å². The van der Waals surface area contributed by atoms with Crippen LogP contribution in [0.2, 0.25) is 5.15 Å². The third-order valence-corrected chi connectivity index (χ3v) is 4.96. The maximum Gasteiger partial charge on any atom is 0.305 e. The molecule has 1 aromatic carbocycles. The molecule has 1 saturated heterocycles. The lowest BCUT2D eigenvalue weighted by Crippen LogP contribution is -2.26. The van der Waals surface area contributed by atoms with Gasteiger partial charge in [-0.1, -0.05) is 41.6 Å². The molecule has 10 heteroatoms. The van der Waals surface area contributed by atoms with Gasteiger partial charge in [-0.05, 0) is 19.1 Å². The van der Waals surface area contributed by atoms with Crippen molar-refractivity contribution in [2.45, 2.75) is 18.6 Å². The van der Waals surface area contributed by atoms with Crippen molar-refractivity contribution in [1.29, 1.82) is 0 Å². The van der Waals surface area contributed by atoms with Gasteiger partial charge in [-0.3, -0.25) is 9.59 Å². The number of benzene rings is 1. The highest BCUT2D eigenvalue weighted by atomic mass is 35.5. The third kappa shape index (κ3) is 3.94. The number of nitrogens with zero attached hydrogens (tertiary/aromatic N) is 4. The fourth-order valence-corrected chi connectivity index (χ4v) is 3.52. The Kier molecular flexibility index (Phi) is 5.38. The summed E-state index contributed by atoms with van der Waals surface area (Å²) in [7, 11) is 0. The van der Waals surface area contributed by atoms with Crippen LogP contribution in [-0.2, 0) is 9.59 Å². The van der Waals surface area contributed by atoms with Crippen LogP contribution in [0.1, 0.15) is 17.7 Å². The zero-order valence-electron chi connectivity index (χ0n) is 13.6. The molecule has 0 radical (unpaired) electrons. The second kappa shape index (κ2) is 7.71. The van der Waals surface area contributed by atoms with E-state index in [0.717, 1.165) is 17.4 Å². The van der Waals surface area contributed by atoms with Gasteiger partial charge in [-0.2, -0.15) is 10.2 Å². The maximum absolute atomic E-state index is 11.7. The molecule has 1 fully saturated rings. The van der Waals surface area contributed by atoms with Gasteiger partial charge in [0.25, 0.3) is 0 Å². The monoisotopic (exact) mass is 391 g/mol. The van der Waals surface area contributed by atoms with Crippen LogP contribution in [-0.4, -0.2) is 43.4 Å². The predicted molar refractivity (Wildman–Crippen MR) is 100 cm³/mol. The zero-order chi connectivity index (χ0) is 18.7. The highest BCUT2D eigenvalue weighted by Crippen LogP contribution is 2.23. The number of carbonyl (C=O) groups is 2. The van der Waals surface area contributed by atoms with E-state index in [1.165, 1.54) is 6.21 Å². The quantitative estimate of drug-likeness (QED) is 0.600. The number of carbonyl (C=O) groups excluding carboxylic acids is 1. The van der Waals surface area contributed by atoms with Gasteiger partial charge in [0.15, 0.2) is 5.17 Å². The minimum Gasteiger partial charge on any atom is -0.481 e. The summed E-state index contributed by atoms with van der Waals surface area (Å²) in [4.78, 5) is 22.4. The molecule has 2 N–H and O–H groups in total. The molecule has 0 saturated carbocycles. The van der Waals surface area contributed by atoms with Crippen molar-refractivity contribution in [2.75, 3.05) is 0 Å². The van der Waals surface area contributed by atoms with E-state index in [4.69, 9.17) is 16.7 Å². The first kappa shape index (κ1) is 18.2. The lowest BCUT2D eigenvalue weighted by molar-refractivity contribution is -0.138. The molecule has 8 nitrogen and oxygen atoms in total. The predicted octanol–water partition coefficient (Wildman–Crippen LogP) is 2.23. The van der Waals surface area contributed by atoms with Crippen LogP contribution < -0.4 is 5.32 Å². The Labute approximate surface area is 157 Å². The summed E-state index contributed by atoms with van der Waals surface area (Å²) < 4.78 is 1.60. The summed E-state index contributed by atoms with van der Waals surface area (Å²) in [6.45, 7) is 1.80. The summed E-state index contributed by atoms with van der Waals surface area (Å²) in [6, 6.07) is 9.43. The number of amides is 1. The molecule has 0 spiro atoms. The number of amidine groups is 1. The van der Waals surface area contributed by atoms with E-state index < -0.39 is 17.1 Å². The molecular weight excluding hydrogens is 378 g/mol. The van der Waals surface area contributed by atoms with E-state index in [9.17, 15) is 9.59 Å². The van der Waals surface area contributed by atoms with E-state index in [1.807, 2.05) is 30.3 Å². The number of para-hydroxylation sites is 1. The standard InChI is InChI=1S/C16H14ClN5O3S/c1-9-11(14(17)22(21-9)10-5-3-2-4-6-10)8-18-20-16-19-15(25)12(26-16)7-13(23)24/h2-6,8,12H,7H2,1H3,(H,23,24)(H,19,20,25)/b18-8-/t12-/m0/s1. The van der Waals surface area contributed by atoms with Crippen molar-refractivity contribution in [3.05, 3.63) is 46.7 Å². The average Bonchev–Trinajstić information content (AvgIpc) is 3.09. The van der Waals surface area contributed by atoms with Gasteiger partial charge in [-0.25, -0.2) is 4.68 Å².